The molecule has 1 aliphatic heterocycles. The second kappa shape index (κ2) is 10.8. The van der Waals surface area contributed by atoms with E-state index < -0.39 is 22.1 Å². The smallest absolute Gasteiger partial charge is 0.339 e. The van der Waals surface area contributed by atoms with Crippen LogP contribution in [-0.4, -0.2) is 57.9 Å². The van der Waals surface area contributed by atoms with Gasteiger partial charge in [0.25, 0.3) is 0 Å². The van der Waals surface area contributed by atoms with Crippen molar-refractivity contribution >= 4 is 21.8 Å². The summed E-state index contributed by atoms with van der Waals surface area (Å²) in [6.07, 6.45) is -1.20. The molecule has 4 rings (SSSR count). The number of methoxy groups -OCH3 is 1. The molecule has 0 aliphatic carbocycles. The zero-order valence-corrected chi connectivity index (χ0v) is 19.9. The summed E-state index contributed by atoms with van der Waals surface area (Å²) >= 11 is 0. The number of esters is 1. The van der Waals surface area contributed by atoms with Gasteiger partial charge in [-0.3, -0.25) is 4.79 Å². The fourth-order valence-electron chi connectivity index (χ4n) is 3.76. The second-order valence-corrected chi connectivity index (χ2v) is 9.71. The summed E-state index contributed by atoms with van der Waals surface area (Å²) in [5.74, 6) is -1.11. The van der Waals surface area contributed by atoms with Crippen molar-refractivity contribution in [3.63, 3.8) is 0 Å². The fraction of sp³-hybridized carbons (Fsp3) is 0.231. The molecule has 8 nitrogen and oxygen atoms in total. The molecule has 1 saturated heterocycles. The van der Waals surface area contributed by atoms with E-state index in [1.165, 1.54) is 29.6 Å². The first-order chi connectivity index (χ1) is 16.9. The number of carbonyl (C=O) groups excluding carboxylic acids is 2. The summed E-state index contributed by atoms with van der Waals surface area (Å²) in [6, 6.07) is 21.2. The average molecular weight is 496 g/mol. The summed E-state index contributed by atoms with van der Waals surface area (Å²) in [7, 11) is -2.59. The monoisotopic (exact) mass is 495 g/mol. The molecular weight excluding hydrogens is 470 g/mol. The molecule has 182 valence electrons. The first-order valence-electron chi connectivity index (χ1n) is 11.0. The number of morpholine rings is 1. The number of benzene rings is 3. The van der Waals surface area contributed by atoms with Crippen LogP contribution in [0.25, 0.3) is 0 Å². The van der Waals surface area contributed by atoms with Crippen LogP contribution in [0.1, 0.15) is 32.4 Å². The number of hydrogen-bond acceptors (Lipinski definition) is 7. The molecule has 1 heterocycles. The number of rotatable bonds is 8. The number of carbonyl (C=O) groups is 2. The van der Waals surface area contributed by atoms with E-state index in [-0.39, 0.29) is 48.3 Å². The lowest BCUT2D eigenvalue weighted by molar-refractivity contribution is 0.0279. The molecule has 1 aliphatic rings. The zero-order valence-electron chi connectivity index (χ0n) is 19.1. The van der Waals surface area contributed by atoms with Gasteiger partial charge in [0, 0.05) is 24.2 Å². The molecule has 3 aromatic rings. The Balaban J connectivity index is 1.67. The van der Waals surface area contributed by atoms with Crippen LogP contribution in [0.3, 0.4) is 0 Å². The Kier molecular flexibility index (Phi) is 7.60. The molecule has 3 aromatic carbocycles. The van der Waals surface area contributed by atoms with E-state index in [0.717, 1.165) is 0 Å². The van der Waals surface area contributed by atoms with Gasteiger partial charge in [0.1, 0.15) is 10.6 Å². The number of sulfonamides is 1. The molecule has 0 N–H and O–H groups in total. The predicted molar refractivity (Wildman–Crippen MR) is 128 cm³/mol. The normalized spacial score (nSPS) is 15.2. The van der Waals surface area contributed by atoms with Crippen LogP contribution >= 0.6 is 0 Å². The van der Waals surface area contributed by atoms with Gasteiger partial charge in [-0.15, -0.1) is 0 Å². The van der Waals surface area contributed by atoms with Crippen molar-refractivity contribution in [3.8, 4) is 5.75 Å². The zero-order chi connectivity index (χ0) is 24.8. The molecule has 0 spiro atoms. The van der Waals surface area contributed by atoms with Crippen molar-refractivity contribution in [3.05, 3.63) is 95.6 Å². The minimum Gasteiger partial charge on any atom is -0.495 e. The molecule has 9 heteroatoms. The van der Waals surface area contributed by atoms with Crippen molar-refractivity contribution in [1.29, 1.82) is 0 Å². The van der Waals surface area contributed by atoms with Crippen molar-refractivity contribution in [2.24, 2.45) is 0 Å². The fourth-order valence-corrected chi connectivity index (χ4v) is 5.35. The standard InChI is InChI=1S/C26H25NO7S/c1-32-22-13-12-21(18-23(22)35(30,31)27-14-16-33-17-15-27)26(29)34-25(20-10-6-3-7-11-20)24(28)19-8-4-2-5-9-19/h2-13,18,25H,14-17H2,1H3. The Hall–Kier alpha value is -3.53. The molecule has 0 saturated carbocycles. The van der Waals surface area contributed by atoms with E-state index >= 15 is 0 Å². The molecule has 0 aromatic heterocycles. The van der Waals surface area contributed by atoms with Gasteiger partial charge in [0.15, 0.2) is 6.10 Å². The van der Waals surface area contributed by atoms with E-state index in [4.69, 9.17) is 14.2 Å². The van der Waals surface area contributed by atoms with Crippen molar-refractivity contribution < 1.29 is 32.2 Å². The lowest BCUT2D eigenvalue weighted by Gasteiger charge is -2.26. The lowest BCUT2D eigenvalue weighted by atomic mass is 10.00. The van der Waals surface area contributed by atoms with Crippen LogP contribution in [0.5, 0.6) is 5.75 Å². The molecule has 1 unspecified atom stereocenters. The van der Waals surface area contributed by atoms with Gasteiger partial charge in [0.2, 0.25) is 15.8 Å². The first-order valence-corrected chi connectivity index (χ1v) is 12.5. The molecular formula is C26H25NO7S. The van der Waals surface area contributed by atoms with Gasteiger partial charge in [-0.25, -0.2) is 13.2 Å². The lowest BCUT2D eigenvalue weighted by Crippen LogP contribution is -2.40. The van der Waals surface area contributed by atoms with E-state index in [2.05, 4.69) is 0 Å². The minimum atomic E-state index is -3.95. The van der Waals surface area contributed by atoms with Crippen LogP contribution in [0.4, 0.5) is 0 Å². The predicted octanol–water partition coefficient (Wildman–Crippen LogP) is 3.50. The quantitative estimate of drug-likeness (QED) is 0.348. The maximum Gasteiger partial charge on any atom is 0.339 e. The number of hydrogen-bond donors (Lipinski definition) is 0. The van der Waals surface area contributed by atoms with Crippen LogP contribution in [0.2, 0.25) is 0 Å². The topological polar surface area (TPSA) is 99.2 Å². The third-order valence-electron chi connectivity index (χ3n) is 5.61. The van der Waals surface area contributed by atoms with E-state index in [9.17, 15) is 18.0 Å². The SMILES string of the molecule is COc1ccc(C(=O)OC(C(=O)c2ccccc2)c2ccccc2)cc1S(=O)(=O)N1CCOCC1. The Bertz CT molecular complexity index is 1290. The highest BCUT2D eigenvalue weighted by atomic mass is 32.2. The summed E-state index contributed by atoms with van der Waals surface area (Å²) in [6.45, 7) is 0.955. The molecule has 1 fully saturated rings. The number of nitrogens with zero attached hydrogens (tertiary/aromatic N) is 1. The number of ether oxygens (including phenoxy) is 3. The largest absolute Gasteiger partial charge is 0.495 e. The highest BCUT2D eigenvalue weighted by molar-refractivity contribution is 7.89. The highest BCUT2D eigenvalue weighted by Gasteiger charge is 2.31. The Morgan fingerprint density at radius 1 is 0.886 bits per heavy atom. The van der Waals surface area contributed by atoms with Gasteiger partial charge < -0.3 is 14.2 Å². The van der Waals surface area contributed by atoms with Crippen molar-refractivity contribution in [2.75, 3.05) is 33.4 Å². The number of ketones is 1. The first kappa shape index (κ1) is 24.6. The summed E-state index contributed by atoms with van der Waals surface area (Å²) < 4.78 is 44.0. The van der Waals surface area contributed by atoms with Crippen LogP contribution in [0.15, 0.2) is 83.8 Å². The van der Waals surface area contributed by atoms with Crippen molar-refractivity contribution in [1.82, 2.24) is 4.31 Å². The summed E-state index contributed by atoms with van der Waals surface area (Å²) in [4.78, 5) is 26.3. The van der Waals surface area contributed by atoms with Crippen molar-refractivity contribution in [2.45, 2.75) is 11.0 Å². The van der Waals surface area contributed by atoms with Crippen LogP contribution in [-0.2, 0) is 19.5 Å². The summed E-state index contributed by atoms with van der Waals surface area (Å²) in [5, 5.41) is 0. The molecule has 0 amide bonds. The molecule has 0 radical (unpaired) electrons. The number of Topliss-reactive ketones (excluding diaryl/α,β-unsaturated/α-hetero) is 1. The van der Waals surface area contributed by atoms with Gasteiger partial charge in [0.05, 0.1) is 25.9 Å². The molecule has 35 heavy (non-hydrogen) atoms. The summed E-state index contributed by atoms with van der Waals surface area (Å²) in [5.41, 5.74) is 0.878. The average Bonchev–Trinajstić information content (AvgIpc) is 2.92. The minimum absolute atomic E-state index is 0.0144. The maximum atomic E-state index is 13.3. The van der Waals surface area contributed by atoms with Crippen LogP contribution < -0.4 is 4.74 Å². The highest BCUT2D eigenvalue weighted by Crippen LogP contribution is 2.30. The van der Waals surface area contributed by atoms with Crippen LogP contribution in [0, 0.1) is 0 Å². The Labute approximate surface area is 204 Å². The second-order valence-electron chi connectivity index (χ2n) is 7.81. The van der Waals surface area contributed by atoms with E-state index in [1.54, 1.807) is 60.7 Å². The van der Waals surface area contributed by atoms with Gasteiger partial charge in [-0.05, 0) is 18.2 Å². The van der Waals surface area contributed by atoms with Gasteiger partial charge in [-0.2, -0.15) is 4.31 Å². The van der Waals surface area contributed by atoms with E-state index in [1.807, 2.05) is 0 Å². The molecule has 0 bridgehead atoms. The third kappa shape index (κ3) is 5.43. The third-order valence-corrected chi connectivity index (χ3v) is 7.53. The maximum absolute atomic E-state index is 13.3. The van der Waals surface area contributed by atoms with E-state index in [0.29, 0.717) is 11.1 Å². The Morgan fingerprint density at radius 2 is 1.51 bits per heavy atom. The Morgan fingerprint density at radius 3 is 2.14 bits per heavy atom. The molecule has 1 atom stereocenters. The van der Waals surface area contributed by atoms with Gasteiger partial charge in [-0.1, -0.05) is 60.7 Å². The van der Waals surface area contributed by atoms with Gasteiger partial charge >= 0.3 is 5.97 Å².